The number of hydrogen-bond acceptors (Lipinski definition) is 4. The summed E-state index contributed by atoms with van der Waals surface area (Å²) in [5.41, 5.74) is 0. The lowest BCUT2D eigenvalue weighted by Gasteiger charge is -2.18. The molecule has 1 aliphatic rings. The average molecular weight is 291 g/mol. The van der Waals surface area contributed by atoms with Crippen LogP contribution in [0.2, 0.25) is 0 Å². The van der Waals surface area contributed by atoms with Gasteiger partial charge < -0.3 is 10.6 Å². The molecule has 0 spiro atoms. The first-order valence-corrected chi connectivity index (χ1v) is 8.68. The van der Waals surface area contributed by atoms with Crippen molar-refractivity contribution in [3.63, 3.8) is 0 Å². The summed E-state index contributed by atoms with van der Waals surface area (Å²) in [6.07, 6.45) is 4.08. The lowest BCUT2D eigenvalue weighted by Crippen LogP contribution is -2.44. The molecule has 0 radical (unpaired) electrons. The zero-order valence-corrected chi connectivity index (χ0v) is 12.8. The average Bonchev–Trinajstić information content (AvgIpc) is 3.10. The van der Waals surface area contributed by atoms with Gasteiger partial charge in [0.25, 0.3) is 0 Å². The molecule has 1 aliphatic carbocycles. The molecule has 19 heavy (non-hydrogen) atoms. The second-order valence-electron chi connectivity index (χ2n) is 5.07. The van der Waals surface area contributed by atoms with Crippen molar-refractivity contribution in [1.29, 1.82) is 0 Å². The molecule has 1 unspecified atom stereocenters. The maximum absolute atomic E-state index is 11.7. The van der Waals surface area contributed by atoms with E-state index in [9.17, 15) is 13.2 Å². The highest BCUT2D eigenvalue weighted by molar-refractivity contribution is 7.88. The monoisotopic (exact) mass is 291 g/mol. The Morgan fingerprint density at radius 2 is 2.05 bits per heavy atom. The van der Waals surface area contributed by atoms with Crippen LogP contribution in [0.1, 0.15) is 33.1 Å². The molecule has 112 valence electrons. The van der Waals surface area contributed by atoms with Gasteiger partial charge in [-0.2, -0.15) is 0 Å². The van der Waals surface area contributed by atoms with Gasteiger partial charge in [-0.1, -0.05) is 6.92 Å². The zero-order valence-electron chi connectivity index (χ0n) is 12.0. The van der Waals surface area contributed by atoms with E-state index in [1.807, 2.05) is 13.8 Å². The Bertz CT molecular complexity index is 393. The highest BCUT2D eigenvalue weighted by Crippen LogP contribution is 2.18. The third-order valence-corrected chi connectivity index (χ3v) is 4.55. The van der Waals surface area contributed by atoms with E-state index in [0.29, 0.717) is 32.1 Å². The van der Waals surface area contributed by atoms with Crippen LogP contribution in [0.4, 0.5) is 0 Å². The van der Waals surface area contributed by atoms with Crippen LogP contribution in [0.3, 0.4) is 0 Å². The largest absolute Gasteiger partial charge is 0.352 e. The van der Waals surface area contributed by atoms with Gasteiger partial charge in [-0.05, 0) is 32.7 Å². The second kappa shape index (κ2) is 7.21. The van der Waals surface area contributed by atoms with Crippen molar-refractivity contribution in [2.24, 2.45) is 0 Å². The van der Waals surface area contributed by atoms with Crippen molar-refractivity contribution in [2.45, 2.75) is 45.2 Å². The number of nitrogens with one attached hydrogen (secondary N) is 2. The van der Waals surface area contributed by atoms with Gasteiger partial charge in [-0.15, -0.1) is 0 Å². The number of carbonyl (C=O) groups excluding carboxylic acids is 1. The quantitative estimate of drug-likeness (QED) is 0.582. The van der Waals surface area contributed by atoms with Gasteiger partial charge in [0.2, 0.25) is 15.9 Å². The van der Waals surface area contributed by atoms with Crippen LogP contribution in [-0.2, 0) is 14.8 Å². The summed E-state index contributed by atoms with van der Waals surface area (Å²) in [5.74, 6) is 0.0259. The minimum absolute atomic E-state index is 0.0259. The zero-order chi connectivity index (χ0) is 14.5. The number of amides is 1. The Hall–Kier alpha value is -0.660. The molecule has 1 saturated carbocycles. The maximum atomic E-state index is 11.7. The molecule has 0 heterocycles. The summed E-state index contributed by atoms with van der Waals surface area (Å²) in [6.45, 7) is 5.24. The van der Waals surface area contributed by atoms with Crippen molar-refractivity contribution < 1.29 is 13.2 Å². The first-order chi connectivity index (χ1) is 8.84. The van der Waals surface area contributed by atoms with Gasteiger partial charge >= 0.3 is 0 Å². The second-order valence-corrected chi connectivity index (χ2v) is 7.05. The predicted molar refractivity (Wildman–Crippen MR) is 75.3 cm³/mol. The molecular weight excluding hydrogens is 266 g/mol. The van der Waals surface area contributed by atoms with E-state index in [1.165, 1.54) is 10.6 Å². The SMILES string of the molecule is CCN(CCCNC(C)C(=O)NC1CC1)S(C)(=O)=O. The Morgan fingerprint density at radius 1 is 1.42 bits per heavy atom. The molecular formula is C12H25N3O3S. The van der Waals surface area contributed by atoms with Crippen molar-refractivity contribution in [2.75, 3.05) is 25.9 Å². The minimum atomic E-state index is -3.11. The third kappa shape index (κ3) is 6.35. The van der Waals surface area contributed by atoms with Gasteiger partial charge in [-0.3, -0.25) is 4.79 Å². The third-order valence-electron chi connectivity index (χ3n) is 3.17. The smallest absolute Gasteiger partial charge is 0.237 e. The Morgan fingerprint density at radius 3 is 2.53 bits per heavy atom. The molecule has 1 amide bonds. The van der Waals surface area contributed by atoms with Gasteiger partial charge in [-0.25, -0.2) is 12.7 Å². The molecule has 1 atom stereocenters. The number of carbonyl (C=O) groups is 1. The summed E-state index contributed by atoms with van der Waals surface area (Å²) in [6, 6.07) is 0.145. The van der Waals surface area contributed by atoms with Crippen LogP contribution >= 0.6 is 0 Å². The molecule has 1 fully saturated rings. The fourth-order valence-corrected chi connectivity index (χ4v) is 2.71. The molecule has 0 aromatic carbocycles. The van der Waals surface area contributed by atoms with Gasteiger partial charge in [0, 0.05) is 19.1 Å². The molecule has 0 aromatic heterocycles. The molecule has 6 nitrogen and oxygen atoms in total. The van der Waals surface area contributed by atoms with E-state index in [-0.39, 0.29) is 11.9 Å². The molecule has 0 saturated heterocycles. The van der Waals surface area contributed by atoms with Crippen molar-refractivity contribution in [3.05, 3.63) is 0 Å². The molecule has 1 rings (SSSR count). The Kier molecular flexibility index (Phi) is 6.22. The first-order valence-electron chi connectivity index (χ1n) is 6.83. The Balaban J connectivity index is 2.16. The van der Waals surface area contributed by atoms with Crippen LogP contribution in [-0.4, -0.2) is 56.6 Å². The fourth-order valence-electron chi connectivity index (χ4n) is 1.78. The molecule has 0 aromatic rings. The van der Waals surface area contributed by atoms with Gasteiger partial charge in [0.05, 0.1) is 12.3 Å². The summed E-state index contributed by atoms with van der Waals surface area (Å²) < 4.78 is 24.2. The van der Waals surface area contributed by atoms with E-state index in [2.05, 4.69) is 10.6 Å². The standard InChI is InChI=1S/C12H25N3O3S/c1-4-15(19(3,17)18)9-5-8-13-10(2)12(16)14-11-6-7-11/h10-11,13H,4-9H2,1-3H3,(H,14,16). The summed E-state index contributed by atoms with van der Waals surface area (Å²) >= 11 is 0. The van der Waals surface area contributed by atoms with E-state index in [0.717, 1.165) is 12.8 Å². The predicted octanol–water partition coefficient (Wildman–Crippen LogP) is -0.0853. The van der Waals surface area contributed by atoms with Crippen molar-refractivity contribution in [3.8, 4) is 0 Å². The first kappa shape index (κ1) is 16.4. The van der Waals surface area contributed by atoms with Gasteiger partial charge in [0.15, 0.2) is 0 Å². The summed E-state index contributed by atoms with van der Waals surface area (Å²) in [4.78, 5) is 11.7. The summed E-state index contributed by atoms with van der Waals surface area (Å²) in [5, 5.41) is 6.04. The van der Waals surface area contributed by atoms with Gasteiger partial charge in [0.1, 0.15) is 0 Å². The highest BCUT2D eigenvalue weighted by atomic mass is 32.2. The molecule has 0 bridgehead atoms. The normalized spacial score (nSPS) is 17.5. The van der Waals surface area contributed by atoms with Crippen LogP contribution in [0.5, 0.6) is 0 Å². The van der Waals surface area contributed by atoms with Crippen LogP contribution < -0.4 is 10.6 Å². The van der Waals surface area contributed by atoms with E-state index >= 15 is 0 Å². The highest BCUT2D eigenvalue weighted by Gasteiger charge is 2.25. The number of rotatable bonds is 9. The topological polar surface area (TPSA) is 78.5 Å². The maximum Gasteiger partial charge on any atom is 0.237 e. The minimum Gasteiger partial charge on any atom is -0.352 e. The lowest BCUT2D eigenvalue weighted by molar-refractivity contribution is -0.122. The summed E-state index contributed by atoms with van der Waals surface area (Å²) in [7, 11) is -3.11. The van der Waals surface area contributed by atoms with E-state index < -0.39 is 10.0 Å². The number of nitrogens with zero attached hydrogens (tertiary/aromatic N) is 1. The fraction of sp³-hybridized carbons (Fsp3) is 0.917. The van der Waals surface area contributed by atoms with E-state index in [4.69, 9.17) is 0 Å². The Labute approximate surface area is 116 Å². The van der Waals surface area contributed by atoms with Crippen molar-refractivity contribution >= 4 is 15.9 Å². The molecule has 7 heteroatoms. The van der Waals surface area contributed by atoms with Crippen LogP contribution in [0.15, 0.2) is 0 Å². The van der Waals surface area contributed by atoms with Crippen molar-refractivity contribution in [1.82, 2.24) is 14.9 Å². The van der Waals surface area contributed by atoms with Crippen LogP contribution in [0, 0.1) is 0 Å². The number of hydrogen-bond donors (Lipinski definition) is 2. The lowest BCUT2D eigenvalue weighted by atomic mass is 10.3. The molecule has 2 N–H and O–H groups in total. The number of sulfonamides is 1. The molecule has 0 aliphatic heterocycles. The van der Waals surface area contributed by atoms with Crippen LogP contribution in [0.25, 0.3) is 0 Å². The van der Waals surface area contributed by atoms with E-state index in [1.54, 1.807) is 0 Å².